The third-order valence-electron chi connectivity index (χ3n) is 2.59. The first kappa shape index (κ1) is 22.9. The molecule has 1 unspecified atom stereocenters. The van der Waals surface area contributed by atoms with E-state index in [-0.39, 0.29) is 43.2 Å². The molecule has 0 aliphatic heterocycles. The number of nitrogens with two attached hydrogens (primary N) is 1. The molecule has 0 heterocycles. The lowest BCUT2D eigenvalue weighted by atomic mass is 10.1. The Hall–Kier alpha value is -1.13. The average molecular weight is 386 g/mol. The zero-order valence-electron chi connectivity index (χ0n) is 13.5. The lowest BCUT2D eigenvalue weighted by Crippen LogP contribution is -2.44. The number of esters is 2. The van der Waals surface area contributed by atoms with Gasteiger partial charge in [0.15, 0.2) is 0 Å². The molecular formula is C12H23N2O8PS. The first-order valence-corrected chi connectivity index (χ1v) is 10.4. The Kier molecular flexibility index (Phi) is 10.9. The first-order valence-electron chi connectivity index (χ1n) is 7.19. The van der Waals surface area contributed by atoms with Crippen LogP contribution in [0.4, 0.5) is 0 Å². The maximum absolute atomic E-state index is 11.8. The standard InChI is InChI=1S/C12H23N2O8PS/c1-3-21-11(16)8(13)5-6-10(15)14-9(12(17)22-4-2)7-24-23(18,19)20/h8-9H,3-7,13H2,1-2H3,(H,14,15)(H2,18,19,20)/t8?,9-/m0/s1. The monoisotopic (exact) mass is 386 g/mol. The number of carbonyl (C=O) groups is 3. The van der Waals surface area contributed by atoms with Crippen LogP contribution in [0.5, 0.6) is 0 Å². The molecule has 24 heavy (non-hydrogen) atoms. The van der Waals surface area contributed by atoms with E-state index >= 15 is 0 Å². The second-order valence-electron chi connectivity index (χ2n) is 4.56. The number of nitrogens with one attached hydrogen (secondary N) is 1. The number of ether oxygens (including phenoxy) is 2. The van der Waals surface area contributed by atoms with Crippen LogP contribution in [0.1, 0.15) is 26.7 Å². The number of carbonyl (C=O) groups excluding carboxylic acids is 3. The lowest BCUT2D eigenvalue weighted by molar-refractivity contribution is -0.147. The highest BCUT2D eigenvalue weighted by molar-refractivity contribution is 8.54. The van der Waals surface area contributed by atoms with Crippen LogP contribution in [0.3, 0.4) is 0 Å². The topological polar surface area (TPSA) is 165 Å². The summed E-state index contributed by atoms with van der Waals surface area (Å²) < 4.78 is 20.3. The quantitative estimate of drug-likeness (QED) is 0.269. The smallest absolute Gasteiger partial charge is 0.384 e. The van der Waals surface area contributed by atoms with E-state index in [4.69, 9.17) is 25.0 Å². The van der Waals surface area contributed by atoms with E-state index in [1.807, 2.05) is 0 Å². The molecule has 0 aliphatic carbocycles. The van der Waals surface area contributed by atoms with Crippen molar-refractivity contribution in [1.82, 2.24) is 5.32 Å². The maximum Gasteiger partial charge on any atom is 0.384 e. The SMILES string of the molecule is CCOC(=O)C(N)CCC(=O)N[C@@H](CSP(=O)(O)O)C(=O)OCC. The summed E-state index contributed by atoms with van der Waals surface area (Å²) in [6, 6.07) is -2.19. The van der Waals surface area contributed by atoms with Gasteiger partial charge < -0.3 is 30.3 Å². The van der Waals surface area contributed by atoms with Crippen molar-refractivity contribution in [2.24, 2.45) is 5.73 Å². The molecule has 0 aromatic rings. The van der Waals surface area contributed by atoms with Crippen LogP contribution in [0.2, 0.25) is 0 Å². The average Bonchev–Trinajstić information content (AvgIpc) is 2.48. The summed E-state index contributed by atoms with van der Waals surface area (Å²) >= 11 is 0.226. The van der Waals surface area contributed by atoms with Gasteiger partial charge in [-0.15, -0.1) is 0 Å². The van der Waals surface area contributed by atoms with E-state index in [0.29, 0.717) is 0 Å². The van der Waals surface area contributed by atoms with Crippen molar-refractivity contribution in [2.45, 2.75) is 38.8 Å². The van der Waals surface area contributed by atoms with Crippen molar-refractivity contribution in [3.05, 3.63) is 0 Å². The van der Waals surface area contributed by atoms with Crippen LogP contribution in [0, 0.1) is 0 Å². The summed E-state index contributed by atoms with van der Waals surface area (Å²) in [5, 5.41) is 2.32. The number of hydrogen-bond donors (Lipinski definition) is 4. The van der Waals surface area contributed by atoms with Crippen molar-refractivity contribution in [1.29, 1.82) is 0 Å². The number of hydrogen-bond acceptors (Lipinski definition) is 8. The van der Waals surface area contributed by atoms with Gasteiger partial charge >= 0.3 is 18.7 Å². The molecule has 0 saturated carbocycles. The Balaban J connectivity index is 4.54. The van der Waals surface area contributed by atoms with Gasteiger partial charge in [-0.3, -0.25) is 9.59 Å². The van der Waals surface area contributed by atoms with Crippen molar-refractivity contribution in [2.75, 3.05) is 19.0 Å². The summed E-state index contributed by atoms with van der Waals surface area (Å²) in [5.41, 5.74) is 5.55. The molecule has 0 bridgehead atoms. The number of rotatable bonds is 11. The Labute approximate surface area is 143 Å². The van der Waals surface area contributed by atoms with Crippen molar-refractivity contribution >= 4 is 36.0 Å². The fraction of sp³-hybridized carbons (Fsp3) is 0.750. The molecule has 0 saturated heterocycles. The molecule has 0 rings (SSSR count). The Morgan fingerprint density at radius 1 is 1.17 bits per heavy atom. The van der Waals surface area contributed by atoms with Gasteiger partial charge in [0, 0.05) is 12.2 Å². The maximum atomic E-state index is 11.8. The van der Waals surface area contributed by atoms with Crippen molar-refractivity contribution in [3.8, 4) is 0 Å². The van der Waals surface area contributed by atoms with Crippen LogP contribution in [0.15, 0.2) is 0 Å². The van der Waals surface area contributed by atoms with Crippen LogP contribution in [-0.4, -0.2) is 58.7 Å². The molecule has 0 aliphatic rings. The van der Waals surface area contributed by atoms with Crippen LogP contribution < -0.4 is 11.1 Å². The molecule has 12 heteroatoms. The van der Waals surface area contributed by atoms with E-state index < -0.39 is 36.7 Å². The van der Waals surface area contributed by atoms with Gasteiger partial charge in [-0.25, -0.2) is 9.36 Å². The zero-order valence-corrected chi connectivity index (χ0v) is 15.2. The van der Waals surface area contributed by atoms with Gasteiger partial charge in [-0.1, -0.05) is 0 Å². The number of amides is 1. The fourth-order valence-corrected chi connectivity index (χ4v) is 3.10. The Morgan fingerprint density at radius 3 is 2.21 bits per heavy atom. The van der Waals surface area contributed by atoms with E-state index in [1.165, 1.54) is 0 Å². The minimum Gasteiger partial charge on any atom is -0.465 e. The van der Waals surface area contributed by atoms with Crippen molar-refractivity contribution in [3.63, 3.8) is 0 Å². The highest BCUT2D eigenvalue weighted by Crippen LogP contribution is 2.50. The summed E-state index contributed by atoms with van der Waals surface area (Å²) in [5.74, 6) is -2.39. The normalized spacial score (nSPS) is 13.7. The molecule has 0 aromatic carbocycles. The van der Waals surface area contributed by atoms with E-state index in [1.54, 1.807) is 13.8 Å². The molecule has 10 nitrogen and oxygen atoms in total. The van der Waals surface area contributed by atoms with Crippen LogP contribution in [0.25, 0.3) is 0 Å². The predicted octanol–water partition coefficient (Wildman–Crippen LogP) is -0.469. The highest BCUT2D eigenvalue weighted by atomic mass is 32.7. The fourth-order valence-electron chi connectivity index (χ4n) is 1.50. The summed E-state index contributed by atoms with van der Waals surface area (Å²) in [7, 11) is 0. The Morgan fingerprint density at radius 2 is 1.71 bits per heavy atom. The van der Waals surface area contributed by atoms with Gasteiger partial charge in [0.1, 0.15) is 12.1 Å². The van der Waals surface area contributed by atoms with Gasteiger partial charge in [-0.2, -0.15) is 0 Å². The van der Waals surface area contributed by atoms with Gasteiger partial charge in [-0.05, 0) is 31.7 Å². The lowest BCUT2D eigenvalue weighted by Gasteiger charge is -2.17. The molecule has 140 valence electrons. The van der Waals surface area contributed by atoms with Gasteiger partial charge in [0.2, 0.25) is 5.91 Å². The molecule has 5 N–H and O–H groups in total. The minimum absolute atomic E-state index is 0.00580. The van der Waals surface area contributed by atoms with Crippen molar-refractivity contribution < 1.29 is 38.2 Å². The minimum atomic E-state index is -4.40. The molecule has 0 radical (unpaired) electrons. The third kappa shape index (κ3) is 10.6. The molecular weight excluding hydrogens is 363 g/mol. The van der Waals surface area contributed by atoms with Crippen LogP contribution in [-0.2, 0) is 28.4 Å². The van der Waals surface area contributed by atoms with E-state index in [0.717, 1.165) is 0 Å². The predicted molar refractivity (Wildman–Crippen MR) is 86.9 cm³/mol. The van der Waals surface area contributed by atoms with Gasteiger partial charge in [0.25, 0.3) is 0 Å². The van der Waals surface area contributed by atoms with E-state index in [2.05, 4.69) is 5.32 Å². The highest BCUT2D eigenvalue weighted by Gasteiger charge is 2.27. The van der Waals surface area contributed by atoms with Gasteiger partial charge in [0.05, 0.1) is 13.2 Å². The Bertz CT molecular complexity index is 484. The molecule has 0 aromatic heterocycles. The molecule has 2 atom stereocenters. The third-order valence-corrected chi connectivity index (χ3v) is 4.86. The zero-order chi connectivity index (χ0) is 18.8. The summed E-state index contributed by atoms with van der Waals surface area (Å²) in [6.07, 6.45) is -0.150. The molecule has 0 fully saturated rings. The molecule has 0 spiro atoms. The summed E-state index contributed by atoms with van der Waals surface area (Å²) in [4.78, 5) is 52.6. The summed E-state index contributed by atoms with van der Waals surface area (Å²) in [6.45, 7) is -0.986. The second-order valence-corrected chi connectivity index (χ2v) is 8.33. The van der Waals surface area contributed by atoms with Crippen LogP contribution >= 0.6 is 18.2 Å². The van der Waals surface area contributed by atoms with E-state index in [9.17, 15) is 18.9 Å². The largest absolute Gasteiger partial charge is 0.465 e. The first-order chi connectivity index (χ1) is 11.1. The second kappa shape index (κ2) is 11.4. The molecule has 1 amide bonds.